The summed E-state index contributed by atoms with van der Waals surface area (Å²) in [7, 11) is 1.63. The largest absolute Gasteiger partial charge is 0.467 e. The summed E-state index contributed by atoms with van der Waals surface area (Å²) in [6.45, 7) is 6.90. The fourth-order valence-corrected chi connectivity index (χ4v) is 2.09. The molecule has 2 nitrogen and oxygen atoms in total. The van der Waals surface area contributed by atoms with E-state index in [0.717, 1.165) is 16.9 Å². The second-order valence-electron chi connectivity index (χ2n) is 5.88. The average Bonchev–Trinajstić information content (AvgIpc) is 2.45. The standard InChI is InChI=1S/C18H22O2/c1-18(2,3)15-10-11-17(20-13-19-4)16(12-15)14-8-6-5-7-9-14/h5-12H,13H2,1-4H3. The van der Waals surface area contributed by atoms with Crippen LogP contribution in [-0.2, 0) is 10.2 Å². The van der Waals surface area contributed by atoms with E-state index in [1.807, 2.05) is 24.3 Å². The summed E-state index contributed by atoms with van der Waals surface area (Å²) in [4.78, 5) is 0. The summed E-state index contributed by atoms with van der Waals surface area (Å²) in [5.41, 5.74) is 3.67. The van der Waals surface area contributed by atoms with E-state index in [2.05, 4.69) is 45.0 Å². The summed E-state index contributed by atoms with van der Waals surface area (Å²) < 4.78 is 10.7. The molecular weight excluding hydrogens is 248 g/mol. The van der Waals surface area contributed by atoms with Crippen molar-refractivity contribution >= 4 is 0 Å². The van der Waals surface area contributed by atoms with Crippen molar-refractivity contribution < 1.29 is 9.47 Å². The third-order valence-electron chi connectivity index (χ3n) is 3.26. The number of methoxy groups -OCH3 is 1. The lowest BCUT2D eigenvalue weighted by atomic mass is 9.85. The minimum Gasteiger partial charge on any atom is -0.467 e. The molecule has 0 unspecified atom stereocenters. The fourth-order valence-electron chi connectivity index (χ4n) is 2.09. The van der Waals surface area contributed by atoms with Gasteiger partial charge in [-0.25, -0.2) is 0 Å². The molecule has 2 aromatic carbocycles. The monoisotopic (exact) mass is 270 g/mol. The Labute approximate surface area is 121 Å². The van der Waals surface area contributed by atoms with Crippen molar-refractivity contribution in [3.63, 3.8) is 0 Å². The molecule has 0 heterocycles. The Morgan fingerprint density at radius 2 is 1.65 bits per heavy atom. The first-order valence-electron chi connectivity index (χ1n) is 6.84. The van der Waals surface area contributed by atoms with Crippen molar-refractivity contribution in [1.82, 2.24) is 0 Å². The highest BCUT2D eigenvalue weighted by atomic mass is 16.7. The van der Waals surface area contributed by atoms with Crippen LogP contribution in [-0.4, -0.2) is 13.9 Å². The first kappa shape index (κ1) is 14.6. The highest BCUT2D eigenvalue weighted by Crippen LogP contribution is 2.34. The molecule has 0 amide bonds. The predicted molar refractivity (Wildman–Crippen MR) is 83.1 cm³/mol. The maximum absolute atomic E-state index is 5.69. The van der Waals surface area contributed by atoms with Gasteiger partial charge in [-0.1, -0.05) is 57.2 Å². The van der Waals surface area contributed by atoms with Gasteiger partial charge < -0.3 is 9.47 Å². The zero-order valence-electron chi connectivity index (χ0n) is 12.6. The molecule has 106 valence electrons. The van der Waals surface area contributed by atoms with Crippen LogP contribution in [0.25, 0.3) is 11.1 Å². The number of rotatable bonds is 4. The van der Waals surface area contributed by atoms with Gasteiger partial charge in [0, 0.05) is 12.7 Å². The summed E-state index contributed by atoms with van der Waals surface area (Å²) in [5, 5.41) is 0. The van der Waals surface area contributed by atoms with Crippen molar-refractivity contribution in [2.24, 2.45) is 0 Å². The second kappa shape index (κ2) is 6.10. The van der Waals surface area contributed by atoms with Gasteiger partial charge in [0.05, 0.1) is 0 Å². The smallest absolute Gasteiger partial charge is 0.188 e. The summed E-state index contributed by atoms with van der Waals surface area (Å²) >= 11 is 0. The molecule has 0 spiro atoms. The van der Waals surface area contributed by atoms with E-state index >= 15 is 0 Å². The molecule has 0 aliphatic heterocycles. The average molecular weight is 270 g/mol. The van der Waals surface area contributed by atoms with Gasteiger partial charge in [-0.05, 0) is 28.7 Å². The highest BCUT2D eigenvalue weighted by molar-refractivity contribution is 5.71. The number of hydrogen-bond donors (Lipinski definition) is 0. The molecule has 0 radical (unpaired) electrons. The molecule has 0 aliphatic rings. The van der Waals surface area contributed by atoms with E-state index in [4.69, 9.17) is 9.47 Å². The Bertz CT molecular complexity index is 553. The van der Waals surface area contributed by atoms with E-state index in [9.17, 15) is 0 Å². The zero-order chi connectivity index (χ0) is 14.6. The first-order valence-corrected chi connectivity index (χ1v) is 6.84. The first-order chi connectivity index (χ1) is 9.52. The molecule has 20 heavy (non-hydrogen) atoms. The van der Waals surface area contributed by atoms with Gasteiger partial charge in [0.15, 0.2) is 6.79 Å². The molecule has 0 saturated carbocycles. The van der Waals surface area contributed by atoms with Gasteiger partial charge in [-0.2, -0.15) is 0 Å². The summed E-state index contributed by atoms with van der Waals surface area (Å²) in [6, 6.07) is 16.7. The molecule has 0 atom stereocenters. The Morgan fingerprint density at radius 3 is 2.25 bits per heavy atom. The van der Waals surface area contributed by atoms with Crippen LogP contribution < -0.4 is 4.74 Å². The van der Waals surface area contributed by atoms with Gasteiger partial charge in [0.1, 0.15) is 5.75 Å². The number of benzene rings is 2. The molecule has 2 rings (SSSR count). The summed E-state index contributed by atoms with van der Waals surface area (Å²) in [5.74, 6) is 0.853. The van der Waals surface area contributed by atoms with E-state index in [-0.39, 0.29) is 12.2 Å². The number of ether oxygens (including phenoxy) is 2. The Kier molecular flexibility index (Phi) is 4.46. The van der Waals surface area contributed by atoms with Gasteiger partial charge in [-0.15, -0.1) is 0 Å². The van der Waals surface area contributed by atoms with Gasteiger partial charge >= 0.3 is 0 Å². The molecule has 0 saturated heterocycles. The molecule has 0 aliphatic carbocycles. The molecule has 0 aromatic heterocycles. The molecule has 0 N–H and O–H groups in total. The molecule has 0 bridgehead atoms. The molecule has 2 aromatic rings. The Morgan fingerprint density at radius 1 is 0.950 bits per heavy atom. The third-order valence-corrected chi connectivity index (χ3v) is 3.26. The SMILES string of the molecule is COCOc1ccc(C(C)(C)C)cc1-c1ccccc1. The zero-order valence-corrected chi connectivity index (χ0v) is 12.6. The van der Waals surface area contributed by atoms with Gasteiger partial charge in [0.25, 0.3) is 0 Å². The normalized spacial score (nSPS) is 11.4. The van der Waals surface area contributed by atoms with E-state index in [1.165, 1.54) is 5.56 Å². The Hall–Kier alpha value is -1.80. The molecule has 2 heteroatoms. The minimum atomic E-state index is 0.114. The van der Waals surface area contributed by atoms with Gasteiger partial charge in [-0.3, -0.25) is 0 Å². The van der Waals surface area contributed by atoms with E-state index in [0.29, 0.717) is 0 Å². The van der Waals surface area contributed by atoms with E-state index in [1.54, 1.807) is 7.11 Å². The van der Waals surface area contributed by atoms with Crippen molar-refractivity contribution in [3.8, 4) is 16.9 Å². The topological polar surface area (TPSA) is 18.5 Å². The maximum Gasteiger partial charge on any atom is 0.188 e. The fraction of sp³-hybridized carbons (Fsp3) is 0.333. The van der Waals surface area contributed by atoms with E-state index < -0.39 is 0 Å². The van der Waals surface area contributed by atoms with Crippen molar-refractivity contribution in [2.45, 2.75) is 26.2 Å². The van der Waals surface area contributed by atoms with Crippen molar-refractivity contribution in [3.05, 3.63) is 54.1 Å². The van der Waals surface area contributed by atoms with Crippen LogP contribution in [0.15, 0.2) is 48.5 Å². The van der Waals surface area contributed by atoms with Crippen LogP contribution in [0.3, 0.4) is 0 Å². The third kappa shape index (κ3) is 3.40. The van der Waals surface area contributed by atoms with Crippen LogP contribution in [0, 0.1) is 0 Å². The van der Waals surface area contributed by atoms with Crippen LogP contribution in [0.1, 0.15) is 26.3 Å². The Balaban J connectivity index is 2.48. The lowest BCUT2D eigenvalue weighted by Crippen LogP contribution is -2.11. The van der Waals surface area contributed by atoms with Crippen LogP contribution >= 0.6 is 0 Å². The lowest BCUT2D eigenvalue weighted by Gasteiger charge is -2.21. The minimum absolute atomic E-state index is 0.114. The van der Waals surface area contributed by atoms with Crippen LogP contribution in [0.2, 0.25) is 0 Å². The number of hydrogen-bond acceptors (Lipinski definition) is 2. The maximum atomic E-state index is 5.69. The summed E-state index contributed by atoms with van der Waals surface area (Å²) in [6.07, 6.45) is 0. The van der Waals surface area contributed by atoms with Crippen LogP contribution in [0.4, 0.5) is 0 Å². The lowest BCUT2D eigenvalue weighted by molar-refractivity contribution is 0.0515. The van der Waals surface area contributed by atoms with Crippen molar-refractivity contribution in [2.75, 3.05) is 13.9 Å². The quantitative estimate of drug-likeness (QED) is 0.754. The second-order valence-corrected chi connectivity index (χ2v) is 5.88. The van der Waals surface area contributed by atoms with Crippen LogP contribution in [0.5, 0.6) is 5.75 Å². The highest BCUT2D eigenvalue weighted by Gasteiger charge is 2.16. The van der Waals surface area contributed by atoms with Gasteiger partial charge in [0.2, 0.25) is 0 Å². The van der Waals surface area contributed by atoms with Crippen molar-refractivity contribution in [1.29, 1.82) is 0 Å². The molecular formula is C18H22O2. The predicted octanol–water partition coefficient (Wildman–Crippen LogP) is 4.63. The molecule has 0 fully saturated rings.